The van der Waals surface area contributed by atoms with Gasteiger partial charge in [-0.25, -0.2) is 0 Å². The highest BCUT2D eigenvalue weighted by Gasteiger charge is 2.08. The van der Waals surface area contributed by atoms with Gasteiger partial charge in [-0.1, -0.05) is 35.4 Å². The molecule has 19 heavy (non-hydrogen) atoms. The first-order valence-electron chi connectivity index (χ1n) is 6.11. The Balaban J connectivity index is 2.24. The van der Waals surface area contributed by atoms with Crippen LogP contribution in [0.1, 0.15) is 21.5 Å². The molecule has 0 spiro atoms. The van der Waals surface area contributed by atoms with Crippen molar-refractivity contribution < 1.29 is 4.79 Å². The molecule has 0 aliphatic heterocycles. The highest BCUT2D eigenvalue weighted by Crippen LogP contribution is 2.22. The van der Waals surface area contributed by atoms with E-state index in [9.17, 15) is 4.79 Å². The summed E-state index contributed by atoms with van der Waals surface area (Å²) in [6, 6.07) is 13.6. The van der Waals surface area contributed by atoms with E-state index < -0.39 is 0 Å². The van der Waals surface area contributed by atoms with Crippen molar-refractivity contribution in [1.82, 2.24) is 0 Å². The Bertz CT molecular complexity index is 595. The topological polar surface area (TPSA) is 20.3 Å². The largest absolute Gasteiger partial charge is 0.370 e. The van der Waals surface area contributed by atoms with Crippen LogP contribution in [0.25, 0.3) is 0 Å². The Kier molecular flexibility index (Phi) is 4.23. The average molecular weight is 274 g/mol. The number of rotatable bonds is 4. The van der Waals surface area contributed by atoms with E-state index in [1.165, 1.54) is 0 Å². The highest BCUT2D eigenvalue weighted by atomic mass is 35.5. The standard InChI is InChI=1S/C16H16ClNO/c1-12-6-7-16(14(8-12)11-19)18(2)10-13-4-3-5-15(17)9-13/h3-9,11H,10H2,1-2H3. The van der Waals surface area contributed by atoms with Gasteiger partial charge in [-0.3, -0.25) is 4.79 Å². The van der Waals surface area contributed by atoms with E-state index in [0.29, 0.717) is 12.1 Å². The molecule has 2 aromatic rings. The van der Waals surface area contributed by atoms with Gasteiger partial charge in [0.05, 0.1) is 0 Å². The predicted molar refractivity (Wildman–Crippen MR) is 80.1 cm³/mol. The number of hydrogen-bond acceptors (Lipinski definition) is 2. The molecule has 0 N–H and O–H groups in total. The number of nitrogens with zero attached hydrogens (tertiary/aromatic N) is 1. The summed E-state index contributed by atoms with van der Waals surface area (Å²) < 4.78 is 0. The fourth-order valence-corrected chi connectivity index (χ4v) is 2.32. The van der Waals surface area contributed by atoms with Crippen molar-refractivity contribution in [1.29, 1.82) is 0 Å². The second kappa shape index (κ2) is 5.89. The normalized spacial score (nSPS) is 10.3. The molecule has 0 fully saturated rings. The predicted octanol–water partition coefficient (Wildman–Crippen LogP) is 4.10. The first-order valence-corrected chi connectivity index (χ1v) is 6.49. The van der Waals surface area contributed by atoms with Crippen molar-refractivity contribution in [3.8, 4) is 0 Å². The van der Waals surface area contributed by atoms with Gasteiger partial charge in [-0.05, 0) is 36.8 Å². The van der Waals surface area contributed by atoms with Crippen LogP contribution >= 0.6 is 11.6 Å². The van der Waals surface area contributed by atoms with Crippen LogP contribution in [0.4, 0.5) is 5.69 Å². The summed E-state index contributed by atoms with van der Waals surface area (Å²) in [6.07, 6.45) is 0.900. The van der Waals surface area contributed by atoms with Gasteiger partial charge in [0.1, 0.15) is 0 Å². The second-order valence-electron chi connectivity index (χ2n) is 4.67. The van der Waals surface area contributed by atoms with E-state index in [1.807, 2.05) is 56.4 Å². The maximum Gasteiger partial charge on any atom is 0.152 e. The van der Waals surface area contributed by atoms with Crippen molar-refractivity contribution in [2.75, 3.05) is 11.9 Å². The SMILES string of the molecule is Cc1ccc(N(C)Cc2cccc(Cl)c2)c(C=O)c1. The third kappa shape index (κ3) is 3.36. The third-order valence-electron chi connectivity index (χ3n) is 3.03. The van der Waals surface area contributed by atoms with Crippen LogP contribution in [0.5, 0.6) is 0 Å². The number of anilines is 1. The Hall–Kier alpha value is -1.80. The van der Waals surface area contributed by atoms with Crippen LogP contribution in [-0.2, 0) is 6.54 Å². The zero-order valence-corrected chi connectivity index (χ0v) is 11.8. The first-order chi connectivity index (χ1) is 9.10. The van der Waals surface area contributed by atoms with Gasteiger partial charge >= 0.3 is 0 Å². The van der Waals surface area contributed by atoms with E-state index >= 15 is 0 Å². The lowest BCUT2D eigenvalue weighted by molar-refractivity contribution is 0.112. The molecular formula is C16H16ClNO. The van der Waals surface area contributed by atoms with E-state index in [0.717, 1.165) is 28.1 Å². The molecule has 0 heterocycles. The molecule has 0 aliphatic rings. The van der Waals surface area contributed by atoms with Crippen LogP contribution in [0.15, 0.2) is 42.5 Å². The molecule has 98 valence electrons. The molecule has 2 rings (SSSR count). The van der Waals surface area contributed by atoms with E-state index in [2.05, 4.69) is 4.90 Å². The molecule has 0 radical (unpaired) electrons. The number of carbonyl (C=O) groups excluding carboxylic acids is 1. The molecule has 0 unspecified atom stereocenters. The lowest BCUT2D eigenvalue weighted by Gasteiger charge is -2.21. The summed E-state index contributed by atoms with van der Waals surface area (Å²) in [6.45, 7) is 2.69. The summed E-state index contributed by atoms with van der Waals surface area (Å²) in [5, 5.41) is 0.727. The van der Waals surface area contributed by atoms with Gasteiger partial charge in [-0.15, -0.1) is 0 Å². The van der Waals surface area contributed by atoms with Crippen LogP contribution in [0, 0.1) is 6.92 Å². The third-order valence-corrected chi connectivity index (χ3v) is 3.27. The summed E-state index contributed by atoms with van der Waals surface area (Å²) in [5.41, 5.74) is 3.85. The van der Waals surface area contributed by atoms with Crippen LogP contribution in [0.2, 0.25) is 5.02 Å². The monoisotopic (exact) mass is 273 g/mol. The van der Waals surface area contributed by atoms with Crippen LogP contribution in [-0.4, -0.2) is 13.3 Å². The number of benzene rings is 2. The maximum atomic E-state index is 11.1. The van der Waals surface area contributed by atoms with Crippen molar-refractivity contribution in [3.05, 3.63) is 64.2 Å². The van der Waals surface area contributed by atoms with Crippen molar-refractivity contribution in [2.45, 2.75) is 13.5 Å². The van der Waals surface area contributed by atoms with Crippen molar-refractivity contribution in [3.63, 3.8) is 0 Å². The Morgan fingerprint density at radius 2 is 2.00 bits per heavy atom. The van der Waals surface area contributed by atoms with Gasteiger partial charge in [0.2, 0.25) is 0 Å². The fraction of sp³-hybridized carbons (Fsp3) is 0.188. The summed E-state index contributed by atoms with van der Waals surface area (Å²) in [5.74, 6) is 0. The van der Waals surface area contributed by atoms with Crippen molar-refractivity contribution >= 4 is 23.6 Å². The van der Waals surface area contributed by atoms with E-state index in [1.54, 1.807) is 0 Å². The fourth-order valence-electron chi connectivity index (χ4n) is 2.11. The smallest absolute Gasteiger partial charge is 0.152 e. The minimum Gasteiger partial charge on any atom is -0.370 e. The van der Waals surface area contributed by atoms with Gasteiger partial charge in [0.25, 0.3) is 0 Å². The Morgan fingerprint density at radius 1 is 1.21 bits per heavy atom. The molecule has 3 heteroatoms. The number of carbonyl (C=O) groups is 1. The van der Waals surface area contributed by atoms with E-state index in [4.69, 9.17) is 11.6 Å². The molecule has 2 aromatic carbocycles. The lowest BCUT2D eigenvalue weighted by atomic mass is 10.1. The lowest BCUT2D eigenvalue weighted by Crippen LogP contribution is -2.18. The summed E-state index contributed by atoms with van der Waals surface area (Å²) in [7, 11) is 1.97. The second-order valence-corrected chi connectivity index (χ2v) is 5.10. The molecule has 0 atom stereocenters. The Morgan fingerprint density at radius 3 is 2.68 bits per heavy atom. The summed E-state index contributed by atoms with van der Waals surface area (Å²) in [4.78, 5) is 13.2. The van der Waals surface area contributed by atoms with E-state index in [-0.39, 0.29) is 0 Å². The van der Waals surface area contributed by atoms with Gasteiger partial charge in [-0.2, -0.15) is 0 Å². The number of hydrogen-bond donors (Lipinski definition) is 0. The van der Waals surface area contributed by atoms with Crippen molar-refractivity contribution in [2.24, 2.45) is 0 Å². The average Bonchev–Trinajstić information content (AvgIpc) is 2.38. The zero-order valence-electron chi connectivity index (χ0n) is 11.1. The zero-order chi connectivity index (χ0) is 13.8. The number of aldehydes is 1. The maximum absolute atomic E-state index is 11.1. The molecular weight excluding hydrogens is 258 g/mol. The van der Waals surface area contributed by atoms with Gasteiger partial charge in [0, 0.05) is 29.9 Å². The quantitative estimate of drug-likeness (QED) is 0.782. The molecule has 0 amide bonds. The first kappa shape index (κ1) is 13.6. The molecule has 0 aromatic heterocycles. The molecule has 0 saturated carbocycles. The molecule has 2 nitrogen and oxygen atoms in total. The minimum absolute atomic E-state index is 0.713. The molecule has 0 aliphatic carbocycles. The summed E-state index contributed by atoms with van der Waals surface area (Å²) >= 11 is 5.98. The van der Waals surface area contributed by atoms with Gasteiger partial charge < -0.3 is 4.90 Å². The van der Waals surface area contributed by atoms with Gasteiger partial charge in [0.15, 0.2) is 6.29 Å². The minimum atomic E-state index is 0.713. The number of aryl methyl sites for hydroxylation is 1. The number of halogens is 1. The van der Waals surface area contributed by atoms with Crippen LogP contribution in [0.3, 0.4) is 0 Å². The highest BCUT2D eigenvalue weighted by molar-refractivity contribution is 6.30. The Labute approximate surface area is 118 Å². The molecule has 0 bridgehead atoms. The van der Waals surface area contributed by atoms with Crippen LogP contribution < -0.4 is 4.90 Å². The molecule has 0 saturated heterocycles.